The predicted octanol–water partition coefficient (Wildman–Crippen LogP) is 2.96. The first-order chi connectivity index (χ1) is 7.08. The quantitative estimate of drug-likeness (QED) is 0.503. The van der Waals surface area contributed by atoms with Gasteiger partial charge in [-0.05, 0) is 13.8 Å². The Labute approximate surface area is 108 Å². The molecule has 0 aromatic heterocycles. The first-order valence-corrected chi connectivity index (χ1v) is 8.63. The van der Waals surface area contributed by atoms with Crippen molar-refractivity contribution in [3.8, 4) is 0 Å². The third kappa shape index (κ3) is 7.88. The second-order valence-corrected chi connectivity index (χ2v) is 6.81. The van der Waals surface area contributed by atoms with E-state index in [1.165, 1.54) is 0 Å². The maximum atomic E-state index is 11.9. The molecule has 1 N–H and O–H groups in total. The lowest BCUT2D eigenvalue weighted by Crippen LogP contribution is -2.25. The number of rotatable bonds is 9. The van der Waals surface area contributed by atoms with E-state index in [0.717, 1.165) is 11.9 Å². The third-order valence-corrected chi connectivity index (χ3v) is 5.70. The van der Waals surface area contributed by atoms with Gasteiger partial charge >= 0.3 is 7.60 Å². The van der Waals surface area contributed by atoms with Crippen LogP contribution in [-0.2, 0) is 13.6 Å². The standard InChI is InChI=1S/C8H18Br2NO3P/c1-3-13-15(12,14-4-2)7-11-6-8(10)5-9/h8,11H,3-7H2,1-2H3. The smallest absolute Gasteiger partial charge is 0.308 e. The molecule has 4 nitrogen and oxygen atoms in total. The fourth-order valence-electron chi connectivity index (χ4n) is 0.935. The summed E-state index contributed by atoms with van der Waals surface area (Å²) in [4.78, 5) is 0.314. The Balaban J connectivity index is 3.90. The monoisotopic (exact) mass is 365 g/mol. The molecule has 0 aromatic rings. The Kier molecular flexibility index (Phi) is 9.79. The number of hydrogen-bond acceptors (Lipinski definition) is 4. The highest BCUT2D eigenvalue weighted by molar-refractivity contribution is 9.12. The first kappa shape index (κ1) is 16.1. The van der Waals surface area contributed by atoms with Crippen molar-refractivity contribution in [3.63, 3.8) is 0 Å². The summed E-state index contributed by atoms with van der Waals surface area (Å²) in [6.07, 6.45) is 0.254. The summed E-state index contributed by atoms with van der Waals surface area (Å²) in [5.41, 5.74) is 0. The zero-order valence-electron chi connectivity index (χ0n) is 9.04. The minimum atomic E-state index is -2.93. The summed E-state index contributed by atoms with van der Waals surface area (Å²) in [5.74, 6) is 0. The fraction of sp³-hybridized carbons (Fsp3) is 1.00. The van der Waals surface area contributed by atoms with E-state index in [4.69, 9.17) is 9.05 Å². The summed E-state index contributed by atoms with van der Waals surface area (Å²) in [7, 11) is -2.93. The molecule has 0 saturated carbocycles. The van der Waals surface area contributed by atoms with E-state index in [-0.39, 0.29) is 6.29 Å². The molecule has 0 amide bonds. The van der Waals surface area contributed by atoms with E-state index < -0.39 is 7.60 Å². The molecule has 0 saturated heterocycles. The van der Waals surface area contributed by atoms with E-state index >= 15 is 0 Å². The van der Waals surface area contributed by atoms with Crippen molar-refractivity contribution in [2.24, 2.45) is 0 Å². The number of halogens is 2. The van der Waals surface area contributed by atoms with Crippen molar-refractivity contribution in [1.29, 1.82) is 0 Å². The topological polar surface area (TPSA) is 47.6 Å². The van der Waals surface area contributed by atoms with E-state index in [0.29, 0.717) is 18.0 Å². The van der Waals surface area contributed by atoms with Gasteiger partial charge in [0.2, 0.25) is 0 Å². The summed E-state index contributed by atoms with van der Waals surface area (Å²) in [6.45, 7) is 5.12. The largest absolute Gasteiger partial charge is 0.344 e. The molecule has 92 valence electrons. The van der Waals surface area contributed by atoms with Crippen LogP contribution in [0.3, 0.4) is 0 Å². The van der Waals surface area contributed by atoms with Crippen LogP contribution in [0, 0.1) is 0 Å². The Morgan fingerprint density at radius 1 is 1.33 bits per heavy atom. The number of alkyl halides is 2. The summed E-state index contributed by atoms with van der Waals surface area (Å²) < 4.78 is 22.2. The third-order valence-electron chi connectivity index (χ3n) is 1.49. The zero-order chi connectivity index (χ0) is 11.7. The van der Waals surface area contributed by atoms with E-state index in [1.54, 1.807) is 13.8 Å². The molecule has 0 spiro atoms. The Bertz CT molecular complexity index is 196. The minimum Gasteiger partial charge on any atom is -0.308 e. The van der Waals surface area contributed by atoms with Gasteiger partial charge in [-0.3, -0.25) is 4.57 Å². The molecule has 0 fully saturated rings. The fourth-order valence-corrected chi connectivity index (χ4v) is 2.84. The van der Waals surface area contributed by atoms with Gasteiger partial charge in [-0.15, -0.1) is 0 Å². The number of nitrogens with one attached hydrogen (secondary N) is 1. The molecular formula is C8H18Br2NO3P. The lowest BCUT2D eigenvalue weighted by molar-refractivity contribution is 0.218. The molecule has 0 radical (unpaired) electrons. The van der Waals surface area contributed by atoms with Crippen LogP contribution >= 0.6 is 39.5 Å². The highest BCUT2D eigenvalue weighted by Crippen LogP contribution is 2.46. The molecule has 1 unspecified atom stereocenters. The Hall–Kier alpha value is 1.07. The predicted molar refractivity (Wildman–Crippen MR) is 70.2 cm³/mol. The molecule has 15 heavy (non-hydrogen) atoms. The molecule has 0 aliphatic carbocycles. The molecule has 0 aliphatic heterocycles. The van der Waals surface area contributed by atoms with Crippen LogP contribution in [0.2, 0.25) is 0 Å². The van der Waals surface area contributed by atoms with Crippen molar-refractivity contribution in [3.05, 3.63) is 0 Å². The summed E-state index contributed by atoms with van der Waals surface area (Å²) in [6, 6.07) is 0. The van der Waals surface area contributed by atoms with Crippen molar-refractivity contribution >= 4 is 39.5 Å². The molecule has 0 aromatic carbocycles. The van der Waals surface area contributed by atoms with Gasteiger partial charge in [0, 0.05) is 16.7 Å². The van der Waals surface area contributed by atoms with Crippen molar-refractivity contribution in [1.82, 2.24) is 5.32 Å². The zero-order valence-corrected chi connectivity index (χ0v) is 13.1. The minimum absolute atomic E-state index is 0.254. The van der Waals surface area contributed by atoms with E-state index in [9.17, 15) is 4.57 Å². The number of hydrogen-bond donors (Lipinski definition) is 1. The van der Waals surface area contributed by atoms with Gasteiger partial charge in [0.1, 0.15) is 0 Å². The van der Waals surface area contributed by atoms with Gasteiger partial charge in [0.25, 0.3) is 0 Å². The van der Waals surface area contributed by atoms with Gasteiger partial charge in [-0.25, -0.2) is 0 Å². The van der Waals surface area contributed by atoms with Crippen LogP contribution in [0.5, 0.6) is 0 Å². The Morgan fingerprint density at radius 3 is 2.27 bits per heavy atom. The SMILES string of the molecule is CCOP(=O)(CNCC(Br)CBr)OCC. The average Bonchev–Trinajstić information content (AvgIpc) is 2.18. The van der Waals surface area contributed by atoms with Gasteiger partial charge in [0.15, 0.2) is 0 Å². The van der Waals surface area contributed by atoms with Crippen LogP contribution in [0.1, 0.15) is 13.8 Å². The highest BCUT2D eigenvalue weighted by Gasteiger charge is 2.22. The van der Waals surface area contributed by atoms with Gasteiger partial charge in [0.05, 0.1) is 19.5 Å². The van der Waals surface area contributed by atoms with Crippen LogP contribution in [-0.4, -0.2) is 36.2 Å². The molecule has 7 heteroatoms. The summed E-state index contributed by atoms with van der Waals surface area (Å²) >= 11 is 6.78. The first-order valence-electron chi connectivity index (χ1n) is 4.86. The second-order valence-electron chi connectivity index (χ2n) is 2.81. The van der Waals surface area contributed by atoms with E-state index in [1.807, 2.05) is 0 Å². The molecule has 0 heterocycles. The maximum absolute atomic E-state index is 11.9. The molecule has 0 rings (SSSR count). The lowest BCUT2D eigenvalue weighted by atomic mass is 10.5. The molecule has 0 bridgehead atoms. The van der Waals surface area contributed by atoms with E-state index in [2.05, 4.69) is 37.2 Å². The van der Waals surface area contributed by atoms with Crippen LogP contribution < -0.4 is 5.32 Å². The van der Waals surface area contributed by atoms with Crippen LogP contribution in [0.4, 0.5) is 0 Å². The van der Waals surface area contributed by atoms with Gasteiger partial charge in [-0.1, -0.05) is 31.9 Å². The maximum Gasteiger partial charge on any atom is 0.344 e. The molecule has 1 atom stereocenters. The second kappa shape index (κ2) is 9.14. The van der Waals surface area contributed by atoms with Crippen LogP contribution in [0.25, 0.3) is 0 Å². The summed E-state index contributed by atoms with van der Waals surface area (Å²) in [5, 5.41) is 3.90. The van der Waals surface area contributed by atoms with Crippen LogP contribution in [0.15, 0.2) is 0 Å². The van der Waals surface area contributed by atoms with Gasteiger partial charge in [-0.2, -0.15) is 0 Å². The lowest BCUT2D eigenvalue weighted by Gasteiger charge is -2.18. The highest BCUT2D eigenvalue weighted by atomic mass is 79.9. The normalized spacial score (nSPS) is 14.1. The van der Waals surface area contributed by atoms with Gasteiger partial charge < -0.3 is 14.4 Å². The average molecular weight is 367 g/mol. The van der Waals surface area contributed by atoms with Crippen molar-refractivity contribution in [2.75, 3.05) is 31.4 Å². The van der Waals surface area contributed by atoms with Crippen molar-refractivity contribution < 1.29 is 13.6 Å². The molecule has 0 aliphatic rings. The van der Waals surface area contributed by atoms with Crippen molar-refractivity contribution in [2.45, 2.75) is 18.7 Å². The molecular weight excluding hydrogens is 349 g/mol. The Morgan fingerprint density at radius 2 is 1.87 bits per heavy atom.